The normalized spacial score (nSPS) is 21.0. The second-order valence-electron chi connectivity index (χ2n) is 4.86. The van der Waals surface area contributed by atoms with Crippen molar-refractivity contribution in [1.29, 1.82) is 0 Å². The van der Waals surface area contributed by atoms with Gasteiger partial charge in [-0.05, 0) is 5.57 Å². The predicted molar refractivity (Wildman–Crippen MR) is 74.7 cm³/mol. The van der Waals surface area contributed by atoms with Gasteiger partial charge in [-0.15, -0.1) is 11.8 Å². The molecule has 8 heteroatoms. The number of aliphatic carboxylic acids is 1. The van der Waals surface area contributed by atoms with E-state index in [-0.39, 0.29) is 23.5 Å². The molecule has 2 aliphatic heterocycles. The van der Waals surface area contributed by atoms with E-state index in [1.807, 2.05) is 0 Å². The largest absolute Gasteiger partial charge is 0.503 e. The number of carboxylic acid groups (broad SMARTS) is 1. The average molecular weight is 308 g/mol. The number of hydrogen-bond acceptors (Lipinski definition) is 5. The Morgan fingerprint density at radius 2 is 2.19 bits per heavy atom. The first-order valence-electron chi connectivity index (χ1n) is 6.25. The SMILES string of the molecule is O=C(O)C1=C(Cn2ccc(=O)c(O)c2)CS[C@H]2CC(=O)N12. The van der Waals surface area contributed by atoms with E-state index >= 15 is 0 Å². The number of aromatic nitrogens is 1. The Labute approximate surface area is 123 Å². The van der Waals surface area contributed by atoms with Gasteiger partial charge in [-0.3, -0.25) is 14.5 Å². The van der Waals surface area contributed by atoms with Gasteiger partial charge in [0.25, 0.3) is 0 Å². The second kappa shape index (κ2) is 4.96. The van der Waals surface area contributed by atoms with Gasteiger partial charge < -0.3 is 14.8 Å². The van der Waals surface area contributed by atoms with Gasteiger partial charge >= 0.3 is 5.97 Å². The van der Waals surface area contributed by atoms with Crippen molar-refractivity contribution in [1.82, 2.24) is 9.47 Å². The van der Waals surface area contributed by atoms with Crippen LogP contribution in [-0.4, -0.2) is 42.7 Å². The third kappa shape index (κ3) is 2.31. The molecule has 7 nitrogen and oxygen atoms in total. The second-order valence-corrected chi connectivity index (χ2v) is 6.02. The van der Waals surface area contributed by atoms with E-state index in [1.165, 1.54) is 39.7 Å². The summed E-state index contributed by atoms with van der Waals surface area (Å²) in [4.78, 5) is 35.5. The van der Waals surface area contributed by atoms with E-state index in [0.29, 0.717) is 17.7 Å². The molecule has 110 valence electrons. The molecule has 2 N–H and O–H groups in total. The van der Waals surface area contributed by atoms with Crippen LogP contribution >= 0.6 is 11.8 Å². The zero-order chi connectivity index (χ0) is 15.1. The first-order valence-corrected chi connectivity index (χ1v) is 7.30. The highest BCUT2D eigenvalue weighted by Crippen LogP contribution is 2.40. The van der Waals surface area contributed by atoms with E-state index in [1.54, 1.807) is 0 Å². The van der Waals surface area contributed by atoms with Crippen molar-refractivity contribution >= 4 is 23.6 Å². The summed E-state index contributed by atoms with van der Waals surface area (Å²) in [5.41, 5.74) is 0.114. The molecular weight excluding hydrogens is 296 g/mol. The van der Waals surface area contributed by atoms with Crippen LogP contribution in [0, 0.1) is 0 Å². The van der Waals surface area contributed by atoms with Crippen LogP contribution in [0.3, 0.4) is 0 Å². The van der Waals surface area contributed by atoms with E-state index < -0.39 is 17.1 Å². The molecule has 1 aromatic rings. The Morgan fingerprint density at radius 3 is 2.81 bits per heavy atom. The smallest absolute Gasteiger partial charge is 0.352 e. The third-order valence-corrected chi connectivity index (χ3v) is 4.74. The van der Waals surface area contributed by atoms with E-state index in [2.05, 4.69) is 0 Å². The zero-order valence-corrected chi connectivity index (χ0v) is 11.7. The van der Waals surface area contributed by atoms with Crippen LogP contribution in [0.15, 0.2) is 34.5 Å². The van der Waals surface area contributed by atoms with Crippen LogP contribution in [-0.2, 0) is 16.1 Å². The minimum absolute atomic E-state index is 0.0215. The predicted octanol–water partition coefficient (Wildman–Crippen LogP) is 0.198. The summed E-state index contributed by atoms with van der Waals surface area (Å²) in [6.07, 6.45) is 3.10. The molecule has 1 atom stereocenters. The van der Waals surface area contributed by atoms with Gasteiger partial charge in [-0.25, -0.2) is 4.79 Å². The number of carbonyl (C=O) groups is 2. The van der Waals surface area contributed by atoms with Crippen LogP contribution in [0.25, 0.3) is 0 Å². The maximum absolute atomic E-state index is 11.6. The summed E-state index contributed by atoms with van der Waals surface area (Å²) in [6.45, 7) is 0.207. The number of amides is 1. The lowest BCUT2D eigenvalue weighted by Crippen LogP contribution is -2.54. The molecule has 0 unspecified atom stereocenters. The summed E-state index contributed by atoms with van der Waals surface area (Å²) in [5, 5.41) is 18.7. The van der Waals surface area contributed by atoms with Crippen LogP contribution < -0.4 is 5.43 Å². The van der Waals surface area contributed by atoms with Gasteiger partial charge in [-0.1, -0.05) is 0 Å². The van der Waals surface area contributed by atoms with Gasteiger partial charge in [-0.2, -0.15) is 0 Å². The quantitative estimate of drug-likeness (QED) is 0.774. The summed E-state index contributed by atoms with van der Waals surface area (Å²) >= 11 is 1.52. The topological polar surface area (TPSA) is 99.8 Å². The number of rotatable bonds is 3. The standard InChI is InChI=1S/C13H12N2O5S/c16-8-1-2-14(5-9(8)17)4-7-6-21-11-3-10(18)15(11)12(7)13(19)20/h1-2,5,11,17H,3-4,6H2,(H,19,20)/t11-/m0/s1. The van der Waals surface area contributed by atoms with E-state index in [4.69, 9.17) is 0 Å². The fraction of sp³-hybridized carbons (Fsp3) is 0.308. The molecule has 3 rings (SSSR count). The highest BCUT2D eigenvalue weighted by molar-refractivity contribution is 8.00. The first kappa shape index (κ1) is 13.7. The number of pyridine rings is 1. The fourth-order valence-electron chi connectivity index (χ4n) is 2.43. The van der Waals surface area contributed by atoms with E-state index in [9.17, 15) is 24.6 Å². The number of aromatic hydroxyl groups is 1. The minimum Gasteiger partial charge on any atom is -0.503 e. The van der Waals surface area contributed by atoms with Gasteiger partial charge in [0.05, 0.1) is 18.0 Å². The fourth-order valence-corrected chi connectivity index (χ4v) is 3.68. The van der Waals surface area contributed by atoms with Crippen molar-refractivity contribution in [2.24, 2.45) is 0 Å². The summed E-state index contributed by atoms with van der Waals surface area (Å²) < 4.78 is 1.53. The molecule has 0 bridgehead atoms. The maximum Gasteiger partial charge on any atom is 0.352 e. The van der Waals surface area contributed by atoms with Crippen LogP contribution in [0.4, 0.5) is 0 Å². The zero-order valence-electron chi connectivity index (χ0n) is 10.9. The highest BCUT2D eigenvalue weighted by Gasteiger charge is 2.45. The van der Waals surface area contributed by atoms with Gasteiger partial charge in [0.2, 0.25) is 11.3 Å². The molecule has 3 heterocycles. The number of carboxylic acids is 1. The number of β-lactam (4-membered cyclic amide) rings is 1. The number of thioether (sulfide) groups is 1. The Hall–Kier alpha value is -2.22. The van der Waals surface area contributed by atoms with Gasteiger partial charge in [0.15, 0.2) is 5.75 Å². The molecule has 21 heavy (non-hydrogen) atoms. The average Bonchev–Trinajstić information content (AvgIpc) is 2.42. The lowest BCUT2D eigenvalue weighted by molar-refractivity contribution is -0.146. The lowest BCUT2D eigenvalue weighted by atomic mass is 10.1. The molecule has 1 aromatic heterocycles. The number of carbonyl (C=O) groups excluding carboxylic acids is 1. The first-order chi connectivity index (χ1) is 9.97. The van der Waals surface area contributed by atoms with Gasteiger partial charge in [0, 0.05) is 24.6 Å². The van der Waals surface area contributed by atoms with Gasteiger partial charge in [0.1, 0.15) is 5.70 Å². The maximum atomic E-state index is 11.6. The van der Waals surface area contributed by atoms with Crippen molar-refractivity contribution in [3.8, 4) is 5.75 Å². The van der Waals surface area contributed by atoms with Crippen molar-refractivity contribution < 1.29 is 19.8 Å². The van der Waals surface area contributed by atoms with Crippen molar-refractivity contribution in [2.45, 2.75) is 18.3 Å². The Bertz CT molecular complexity index is 724. The summed E-state index contributed by atoms with van der Waals surface area (Å²) in [5.74, 6) is -1.21. The number of nitrogens with zero attached hydrogens (tertiary/aromatic N) is 2. The summed E-state index contributed by atoms with van der Waals surface area (Å²) in [6, 6.07) is 1.21. The van der Waals surface area contributed by atoms with Crippen molar-refractivity contribution in [2.75, 3.05) is 5.75 Å². The minimum atomic E-state index is -1.13. The van der Waals surface area contributed by atoms with Crippen molar-refractivity contribution in [3.05, 3.63) is 40.0 Å². The number of fused-ring (bicyclic) bond motifs is 1. The number of hydrogen-bond donors (Lipinski definition) is 2. The molecule has 1 amide bonds. The van der Waals surface area contributed by atoms with Crippen LogP contribution in [0.5, 0.6) is 5.75 Å². The molecule has 0 aromatic carbocycles. The molecule has 0 radical (unpaired) electrons. The van der Waals surface area contributed by atoms with Crippen molar-refractivity contribution in [3.63, 3.8) is 0 Å². The third-order valence-electron chi connectivity index (χ3n) is 3.47. The monoisotopic (exact) mass is 308 g/mol. The highest BCUT2D eigenvalue weighted by atomic mass is 32.2. The Morgan fingerprint density at radius 1 is 1.43 bits per heavy atom. The molecule has 0 aliphatic carbocycles. The molecule has 1 saturated heterocycles. The Kier molecular flexibility index (Phi) is 3.25. The molecule has 2 aliphatic rings. The molecule has 1 fully saturated rings. The summed E-state index contributed by atoms with van der Waals surface area (Å²) in [7, 11) is 0. The van der Waals surface area contributed by atoms with Crippen LogP contribution in [0.2, 0.25) is 0 Å². The lowest BCUT2D eigenvalue weighted by Gasteiger charge is -2.44. The molecular formula is C13H12N2O5S. The van der Waals surface area contributed by atoms with Crippen LogP contribution in [0.1, 0.15) is 6.42 Å². The Balaban J connectivity index is 1.96. The van der Waals surface area contributed by atoms with E-state index in [0.717, 1.165) is 0 Å². The molecule has 0 saturated carbocycles. The molecule has 0 spiro atoms.